The zero-order chi connectivity index (χ0) is 15.7. The summed E-state index contributed by atoms with van der Waals surface area (Å²) in [4.78, 5) is 12.5. The average molecular weight is 319 g/mol. The topological polar surface area (TPSA) is 46.2 Å². The molecular formula is C18H25NO2S. The van der Waals surface area contributed by atoms with Gasteiger partial charge in [-0.2, -0.15) is 0 Å². The van der Waals surface area contributed by atoms with E-state index in [4.69, 9.17) is 0 Å². The Hall–Kier alpha value is -1.16. The van der Waals surface area contributed by atoms with Gasteiger partial charge in [0.25, 0.3) is 5.91 Å². The number of nitrogens with one attached hydrogen (secondary N) is 1. The van der Waals surface area contributed by atoms with Crippen LogP contribution in [0, 0.1) is 17.8 Å². The van der Waals surface area contributed by atoms with Crippen LogP contribution in [0.15, 0.2) is 24.3 Å². The first kappa shape index (κ1) is 15.7. The molecule has 5 atom stereocenters. The summed E-state index contributed by atoms with van der Waals surface area (Å²) < 4.78 is 11.3. The molecule has 2 saturated carbocycles. The van der Waals surface area contributed by atoms with Crippen molar-refractivity contribution in [2.24, 2.45) is 17.8 Å². The van der Waals surface area contributed by atoms with Crippen molar-refractivity contribution in [1.29, 1.82) is 0 Å². The smallest absolute Gasteiger partial charge is 0.251 e. The molecule has 3 nitrogen and oxygen atoms in total. The summed E-state index contributed by atoms with van der Waals surface area (Å²) in [5.74, 6) is 2.86. The van der Waals surface area contributed by atoms with Crippen molar-refractivity contribution in [3.8, 4) is 0 Å². The molecule has 0 aromatic heterocycles. The highest BCUT2D eigenvalue weighted by molar-refractivity contribution is 7.83. The predicted molar refractivity (Wildman–Crippen MR) is 90.1 cm³/mol. The molecule has 0 aliphatic heterocycles. The maximum atomic E-state index is 12.5. The second-order valence-electron chi connectivity index (χ2n) is 7.02. The summed E-state index contributed by atoms with van der Waals surface area (Å²) in [5, 5.41) is 3.19. The molecule has 4 heteroatoms. The van der Waals surface area contributed by atoms with Crippen LogP contribution in [0.5, 0.6) is 0 Å². The quantitative estimate of drug-likeness (QED) is 0.906. The van der Waals surface area contributed by atoms with E-state index in [9.17, 15) is 9.00 Å². The first-order valence-electron chi connectivity index (χ1n) is 8.22. The van der Waals surface area contributed by atoms with Crippen LogP contribution in [0.2, 0.25) is 0 Å². The summed E-state index contributed by atoms with van der Waals surface area (Å²) in [6.45, 7) is 2.15. The molecule has 1 aromatic carbocycles. The molecule has 0 saturated heterocycles. The van der Waals surface area contributed by atoms with Crippen molar-refractivity contribution in [3.05, 3.63) is 35.4 Å². The first-order valence-corrected chi connectivity index (χ1v) is 9.95. The fourth-order valence-electron chi connectivity index (χ4n) is 4.34. The summed E-state index contributed by atoms with van der Waals surface area (Å²) >= 11 is 0. The molecule has 120 valence electrons. The van der Waals surface area contributed by atoms with Crippen molar-refractivity contribution < 1.29 is 9.00 Å². The zero-order valence-electron chi connectivity index (χ0n) is 13.4. The van der Waals surface area contributed by atoms with Gasteiger partial charge in [0.2, 0.25) is 0 Å². The van der Waals surface area contributed by atoms with Gasteiger partial charge in [0, 0.05) is 34.4 Å². The van der Waals surface area contributed by atoms with E-state index in [-0.39, 0.29) is 11.9 Å². The number of rotatable bonds is 5. The number of carbonyl (C=O) groups is 1. The Kier molecular flexibility index (Phi) is 4.67. The lowest BCUT2D eigenvalue weighted by Crippen LogP contribution is -2.40. The third-order valence-electron chi connectivity index (χ3n) is 5.35. The van der Waals surface area contributed by atoms with E-state index in [1.807, 2.05) is 24.3 Å². The average Bonchev–Trinajstić information content (AvgIpc) is 3.09. The minimum absolute atomic E-state index is 0.000918. The molecule has 5 unspecified atom stereocenters. The van der Waals surface area contributed by atoms with Crippen molar-refractivity contribution in [2.75, 3.05) is 6.26 Å². The van der Waals surface area contributed by atoms with Gasteiger partial charge in [0.1, 0.15) is 0 Å². The van der Waals surface area contributed by atoms with Gasteiger partial charge in [-0.1, -0.05) is 18.6 Å². The van der Waals surface area contributed by atoms with Crippen molar-refractivity contribution in [3.63, 3.8) is 0 Å². The summed E-state index contributed by atoms with van der Waals surface area (Å²) in [7, 11) is -0.884. The van der Waals surface area contributed by atoms with Gasteiger partial charge >= 0.3 is 0 Å². The second kappa shape index (κ2) is 6.53. The third kappa shape index (κ3) is 3.43. The van der Waals surface area contributed by atoms with Crippen LogP contribution in [-0.4, -0.2) is 22.4 Å². The molecule has 0 heterocycles. The summed E-state index contributed by atoms with van der Waals surface area (Å²) in [6, 6.07) is 7.75. The van der Waals surface area contributed by atoms with Crippen LogP contribution in [0.4, 0.5) is 0 Å². The van der Waals surface area contributed by atoms with Crippen LogP contribution >= 0.6 is 0 Å². The van der Waals surface area contributed by atoms with E-state index >= 15 is 0 Å². The van der Waals surface area contributed by atoms with Crippen molar-refractivity contribution in [2.45, 2.75) is 44.4 Å². The number of benzene rings is 1. The second-order valence-corrected chi connectivity index (χ2v) is 8.45. The minimum atomic E-state index is -0.884. The van der Waals surface area contributed by atoms with Gasteiger partial charge in [0.15, 0.2) is 0 Å². The third-order valence-corrected chi connectivity index (χ3v) is 6.09. The molecule has 2 aliphatic carbocycles. The first-order chi connectivity index (χ1) is 10.5. The lowest BCUT2D eigenvalue weighted by atomic mass is 9.84. The molecular weight excluding hydrogens is 294 g/mol. The summed E-state index contributed by atoms with van der Waals surface area (Å²) in [5.41, 5.74) is 1.64. The Bertz CT molecular complexity index is 586. The molecule has 3 rings (SSSR count). The Labute approximate surface area is 135 Å². The largest absolute Gasteiger partial charge is 0.349 e. The Morgan fingerprint density at radius 3 is 2.82 bits per heavy atom. The Morgan fingerprint density at radius 1 is 1.36 bits per heavy atom. The lowest BCUT2D eigenvalue weighted by Gasteiger charge is -2.28. The molecule has 2 bridgehead atoms. The lowest BCUT2D eigenvalue weighted by molar-refractivity contribution is 0.0915. The van der Waals surface area contributed by atoms with Crippen LogP contribution in [0.25, 0.3) is 0 Å². The number of hydrogen-bond acceptors (Lipinski definition) is 2. The highest BCUT2D eigenvalue weighted by Gasteiger charge is 2.42. The molecule has 1 N–H and O–H groups in total. The van der Waals surface area contributed by atoms with E-state index in [0.717, 1.165) is 17.4 Å². The molecule has 22 heavy (non-hydrogen) atoms. The minimum Gasteiger partial charge on any atom is -0.349 e. The fraction of sp³-hybridized carbons (Fsp3) is 0.611. The van der Waals surface area contributed by atoms with Crippen LogP contribution < -0.4 is 5.32 Å². The highest BCUT2D eigenvalue weighted by atomic mass is 32.2. The Balaban J connectivity index is 1.63. The molecule has 0 spiro atoms. The number of fused-ring (bicyclic) bond motifs is 2. The van der Waals surface area contributed by atoms with E-state index in [1.165, 1.54) is 25.7 Å². The van der Waals surface area contributed by atoms with Gasteiger partial charge in [-0.3, -0.25) is 9.00 Å². The van der Waals surface area contributed by atoms with Gasteiger partial charge < -0.3 is 5.32 Å². The van der Waals surface area contributed by atoms with Crippen LogP contribution in [0.1, 0.15) is 48.5 Å². The standard InChI is InChI=1S/C18H25NO2S/c1-12(17-10-13-6-7-15(17)8-13)19-18(20)16-5-3-4-14(9-16)11-22(2)21/h3-5,9,12-13,15,17H,6-8,10-11H2,1-2H3,(H,19,20). The van der Waals surface area contributed by atoms with E-state index in [0.29, 0.717) is 17.2 Å². The summed E-state index contributed by atoms with van der Waals surface area (Å²) in [6.07, 6.45) is 7.05. The molecule has 0 radical (unpaired) electrons. The van der Waals surface area contributed by atoms with Gasteiger partial charge in [0.05, 0.1) is 0 Å². The van der Waals surface area contributed by atoms with Gasteiger partial charge in [-0.15, -0.1) is 0 Å². The number of amides is 1. The van der Waals surface area contributed by atoms with E-state index < -0.39 is 10.8 Å². The monoisotopic (exact) mass is 319 g/mol. The van der Waals surface area contributed by atoms with E-state index in [1.54, 1.807) is 6.26 Å². The zero-order valence-corrected chi connectivity index (χ0v) is 14.2. The Morgan fingerprint density at radius 2 is 2.18 bits per heavy atom. The number of carbonyl (C=O) groups excluding carboxylic acids is 1. The molecule has 2 aliphatic rings. The van der Waals surface area contributed by atoms with Crippen LogP contribution in [-0.2, 0) is 16.6 Å². The van der Waals surface area contributed by atoms with Gasteiger partial charge in [-0.25, -0.2) is 0 Å². The van der Waals surface area contributed by atoms with E-state index in [2.05, 4.69) is 12.2 Å². The predicted octanol–water partition coefficient (Wildman–Crippen LogP) is 3.12. The molecule has 1 amide bonds. The normalized spacial score (nSPS) is 29.3. The maximum Gasteiger partial charge on any atom is 0.251 e. The van der Waals surface area contributed by atoms with Crippen molar-refractivity contribution >= 4 is 16.7 Å². The number of hydrogen-bond donors (Lipinski definition) is 1. The van der Waals surface area contributed by atoms with Crippen molar-refractivity contribution in [1.82, 2.24) is 5.32 Å². The molecule has 2 fully saturated rings. The fourth-order valence-corrected chi connectivity index (χ4v) is 4.99. The SMILES string of the molecule is CC(NC(=O)c1cccc(CS(C)=O)c1)C1CC2CCC1C2. The molecule has 1 aromatic rings. The van der Waals surface area contributed by atoms with Gasteiger partial charge in [-0.05, 0) is 61.6 Å². The van der Waals surface area contributed by atoms with Crippen LogP contribution in [0.3, 0.4) is 0 Å². The maximum absolute atomic E-state index is 12.5. The highest BCUT2D eigenvalue weighted by Crippen LogP contribution is 2.49.